The van der Waals surface area contributed by atoms with Gasteiger partial charge in [-0.05, 0) is 36.8 Å². The minimum absolute atomic E-state index is 0.0320. The lowest BCUT2D eigenvalue weighted by Crippen LogP contribution is -2.38. The molecule has 2 aromatic rings. The predicted octanol–water partition coefficient (Wildman–Crippen LogP) is 3.26. The van der Waals surface area contributed by atoms with E-state index >= 15 is 0 Å². The van der Waals surface area contributed by atoms with E-state index in [1.807, 2.05) is 28.8 Å². The lowest BCUT2D eigenvalue weighted by molar-refractivity contribution is -0.130. The van der Waals surface area contributed by atoms with Gasteiger partial charge in [0, 0.05) is 41.4 Å². The molecule has 1 saturated heterocycles. The third kappa shape index (κ3) is 5.20. The van der Waals surface area contributed by atoms with Gasteiger partial charge in [-0.25, -0.2) is 0 Å². The number of carbonyl (C=O) groups is 3. The van der Waals surface area contributed by atoms with Crippen LogP contribution in [-0.4, -0.2) is 47.1 Å². The number of nitrogens with zero attached hydrogens (tertiary/aromatic N) is 1. The summed E-state index contributed by atoms with van der Waals surface area (Å²) in [5, 5.41) is 2.83. The van der Waals surface area contributed by atoms with Crippen molar-refractivity contribution in [2.45, 2.75) is 13.3 Å². The quantitative estimate of drug-likeness (QED) is 0.806. The largest absolute Gasteiger partial charge is 0.341 e. The Kier molecular flexibility index (Phi) is 6.29. The Morgan fingerprint density at radius 2 is 1.52 bits per heavy atom. The topological polar surface area (TPSA) is 66.5 Å². The first kappa shape index (κ1) is 19.2. The van der Waals surface area contributed by atoms with Gasteiger partial charge in [0.1, 0.15) is 0 Å². The number of nitrogens with one attached hydrogen (secondary N) is 1. The molecule has 0 unspecified atom stereocenters. The Balaban J connectivity index is 1.57. The Morgan fingerprint density at radius 1 is 0.926 bits per heavy atom. The van der Waals surface area contributed by atoms with Crippen molar-refractivity contribution in [3.8, 4) is 0 Å². The van der Waals surface area contributed by atoms with Crippen LogP contribution in [0.4, 0.5) is 5.69 Å². The maximum Gasteiger partial charge on any atom is 0.255 e. The van der Waals surface area contributed by atoms with Crippen molar-refractivity contribution in [1.82, 2.24) is 4.90 Å². The standard InChI is InChI=1S/C21H22N2O3S/c1-15(24)17-4-6-18(7-5-17)21(26)22-19-8-2-16(3-9-19)14-20(25)23-10-12-27-13-11-23/h2-9H,10-14H2,1H3,(H,22,26). The molecule has 3 rings (SSSR count). The monoisotopic (exact) mass is 382 g/mol. The highest BCUT2D eigenvalue weighted by Gasteiger charge is 2.16. The number of anilines is 1. The second-order valence-corrected chi connectivity index (χ2v) is 7.68. The highest BCUT2D eigenvalue weighted by atomic mass is 32.2. The summed E-state index contributed by atoms with van der Waals surface area (Å²) < 4.78 is 0. The van der Waals surface area contributed by atoms with E-state index in [9.17, 15) is 14.4 Å². The number of hydrogen-bond donors (Lipinski definition) is 1. The van der Waals surface area contributed by atoms with Crippen LogP contribution in [0.15, 0.2) is 48.5 Å². The van der Waals surface area contributed by atoms with Crippen LogP contribution in [0.3, 0.4) is 0 Å². The first-order valence-electron chi connectivity index (χ1n) is 8.90. The fourth-order valence-electron chi connectivity index (χ4n) is 2.86. The first-order valence-corrected chi connectivity index (χ1v) is 10.1. The second kappa shape index (κ2) is 8.86. The third-order valence-corrected chi connectivity index (χ3v) is 5.43. The van der Waals surface area contributed by atoms with Gasteiger partial charge in [-0.15, -0.1) is 0 Å². The molecule has 27 heavy (non-hydrogen) atoms. The zero-order valence-corrected chi connectivity index (χ0v) is 16.1. The van der Waals surface area contributed by atoms with Gasteiger partial charge in [-0.1, -0.05) is 24.3 Å². The Bertz CT molecular complexity index is 826. The molecule has 0 bridgehead atoms. The number of thioether (sulfide) groups is 1. The highest BCUT2D eigenvalue weighted by Crippen LogP contribution is 2.15. The molecule has 2 aromatic carbocycles. The number of hydrogen-bond acceptors (Lipinski definition) is 4. The van der Waals surface area contributed by atoms with Gasteiger partial charge in [0.15, 0.2) is 5.78 Å². The van der Waals surface area contributed by atoms with E-state index in [2.05, 4.69) is 5.32 Å². The zero-order valence-electron chi connectivity index (χ0n) is 15.2. The fourth-order valence-corrected chi connectivity index (χ4v) is 3.77. The molecule has 0 saturated carbocycles. The molecule has 6 heteroatoms. The van der Waals surface area contributed by atoms with Crippen molar-refractivity contribution in [2.24, 2.45) is 0 Å². The SMILES string of the molecule is CC(=O)c1ccc(C(=O)Nc2ccc(CC(=O)N3CCSCC3)cc2)cc1. The van der Waals surface area contributed by atoms with Crippen molar-refractivity contribution >= 4 is 35.0 Å². The van der Waals surface area contributed by atoms with Crippen LogP contribution in [0.2, 0.25) is 0 Å². The number of Topliss-reactive ketones (excluding diaryl/α,β-unsaturated/α-hetero) is 1. The third-order valence-electron chi connectivity index (χ3n) is 4.48. The van der Waals surface area contributed by atoms with Gasteiger partial charge in [0.2, 0.25) is 5.91 Å². The van der Waals surface area contributed by atoms with Crippen molar-refractivity contribution in [3.05, 3.63) is 65.2 Å². The molecule has 5 nitrogen and oxygen atoms in total. The van der Waals surface area contributed by atoms with Gasteiger partial charge in [-0.3, -0.25) is 14.4 Å². The molecule has 1 aliphatic rings. The average Bonchev–Trinajstić information content (AvgIpc) is 2.70. The Labute approximate surface area is 163 Å². The molecule has 0 radical (unpaired) electrons. The molecule has 1 N–H and O–H groups in total. The van der Waals surface area contributed by atoms with Crippen LogP contribution in [-0.2, 0) is 11.2 Å². The molecule has 0 atom stereocenters. The molecular weight excluding hydrogens is 360 g/mol. The number of ketones is 1. The highest BCUT2D eigenvalue weighted by molar-refractivity contribution is 7.99. The maximum absolute atomic E-state index is 12.3. The van der Waals surface area contributed by atoms with Gasteiger partial charge in [0.25, 0.3) is 5.91 Å². The van der Waals surface area contributed by atoms with Crippen LogP contribution in [0.1, 0.15) is 33.2 Å². The van der Waals surface area contributed by atoms with E-state index < -0.39 is 0 Å². The molecule has 0 spiro atoms. The summed E-state index contributed by atoms with van der Waals surface area (Å²) >= 11 is 1.88. The predicted molar refractivity (Wildman–Crippen MR) is 108 cm³/mol. The summed E-state index contributed by atoms with van der Waals surface area (Å²) in [5.74, 6) is 1.89. The van der Waals surface area contributed by atoms with Gasteiger partial charge < -0.3 is 10.2 Å². The summed E-state index contributed by atoms with van der Waals surface area (Å²) in [5.41, 5.74) is 2.67. The van der Waals surface area contributed by atoms with E-state index in [1.54, 1.807) is 36.4 Å². The molecule has 0 aromatic heterocycles. The van der Waals surface area contributed by atoms with E-state index in [0.717, 1.165) is 30.2 Å². The zero-order chi connectivity index (χ0) is 19.2. The molecule has 0 aliphatic carbocycles. The summed E-state index contributed by atoms with van der Waals surface area (Å²) in [6.45, 7) is 3.13. The number of rotatable bonds is 5. The second-order valence-electron chi connectivity index (χ2n) is 6.45. The summed E-state index contributed by atoms with van der Waals surface area (Å²) in [4.78, 5) is 37.8. The summed E-state index contributed by atoms with van der Waals surface area (Å²) in [6, 6.07) is 13.9. The van der Waals surface area contributed by atoms with E-state index in [4.69, 9.17) is 0 Å². The van der Waals surface area contributed by atoms with Crippen molar-refractivity contribution in [1.29, 1.82) is 0 Å². The summed E-state index contributed by atoms with van der Waals surface area (Å²) in [7, 11) is 0. The number of benzene rings is 2. The van der Waals surface area contributed by atoms with E-state index in [1.165, 1.54) is 6.92 Å². The average molecular weight is 382 g/mol. The maximum atomic E-state index is 12.3. The van der Waals surface area contributed by atoms with Gasteiger partial charge in [-0.2, -0.15) is 11.8 Å². The minimum Gasteiger partial charge on any atom is -0.341 e. The van der Waals surface area contributed by atoms with Crippen LogP contribution in [0.5, 0.6) is 0 Å². The minimum atomic E-state index is -0.236. The van der Waals surface area contributed by atoms with Gasteiger partial charge >= 0.3 is 0 Å². The Morgan fingerprint density at radius 3 is 2.11 bits per heavy atom. The lowest BCUT2D eigenvalue weighted by Gasteiger charge is -2.26. The van der Waals surface area contributed by atoms with Crippen molar-refractivity contribution < 1.29 is 14.4 Å². The van der Waals surface area contributed by atoms with Crippen molar-refractivity contribution in [3.63, 3.8) is 0 Å². The van der Waals surface area contributed by atoms with Crippen LogP contribution < -0.4 is 5.32 Å². The smallest absolute Gasteiger partial charge is 0.255 e. The molecule has 2 amide bonds. The number of amides is 2. The van der Waals surface area contributed by atoms with Crippen molar-refractivity contribution in [2.75, 3.05) is 29.9 Å². The molecule has 1 heterocycles. The van der Waals surface area contributed by atoms with Crippen LogP contribution >= 0.6 is 11.8 Å². The van der Waals surface area contributed by atoms with Crippen LogP contribution in [0, 0.1) is 0 Å². The summed E-state index contributed by atoms with van der Waals surface area (Å²) in [6.07, 6.45) is 0.380. The lowest BCUT2D eigenvalue weighted by atomic mass is 10.1. The molecular formula is C21H22N2O3S. The molecule has 1 fully saturated rings. The van der Waals surface area contributed by atoms with E-state index in [-0.39, 0.29) is 17.6 Å². The molecule has 1 aliphatic heterocycles. The first-order chi connectivity index (χ1) is 13.0. The fraction of sp³-hybridized carbons (Fsp3) is 0.286. The van der Waals surface area contributed by atoms with Gasteiger partial charge in [0.05, 0.1) is 6.42 Å². The van der Waals surface area contributed by atoms with Crippen LogP contribution in [0.25, 0.3) is 0 Å². The Hall–Kier alpha value is -2.60. The van der Waals surface area contributed by atoms with E-state index in [0.29, 0.717) is 23.2 Å². The number of carbonyl (C=O) groups excluding carboxylic acids is 3. The normalized spacial score (nSPS) is 13.9. The molecule has 140 valence electrons.